The maximum absolute atomic E-state index is 10.9. The van der Waals surface area contributed by atoms with Crippen LogP contribution in [0.2, 0.25) is 5.02 Å². The van der Waals surface area contributed by atoms with Gasteiger partial charge in [0, 0.05) is 11.6 Å². The van der Waals surface area contributed by atoms with Gasteiger partial charge in [0.15, 0.2) is 0 Å². The molecule has 94 valence electrons. The van der Waals surface area contributed by atoms with E-state index in [-0.39, 0.29) is 10.6 Å². The number of aryl methyl sites for hydroxylation is 1. The summed E-state index contributed by atoms with van der Waals surface area (Å²) in [5.74, 6) is -0.614. The fourth-order valence-electron chi connectivity index (χ4n) is 1.37. The van der Waals surface area contributed by atoms with Crippen LogP contribution in [0.3, 0.4) is 0 Å². The number of carboxylic acids is 1. The standard InChI is InChI=1S/C11H10ClN3O2S/c1-6-15-7(5-18-6)3-13-10-2-8(11(16)17)9(12)4-14-10/h2,4-5H,3H2,1H3,(H,13,14)(H,16,17). The Labute approximate surface area is 112 Å². The van der Waals surface area contributed by atoms with Crippen LogP contribution >= 0.6 is 22.9 Å². The normalized spacial score (nSPS) is 10.3. The van der Waals surface area contributed by atoms with Crippen molar-refractivity contribution in [3.63, 3.8) is 0 Å². The molecule has 2 aromatic rings. The van der Waals surface area contributed by atoms with Crippen molar-refractivity contribution in [2.45, 2.75) is 13.5 Å². The Balaban J connectivity index is 2.10. The van der Waals surface area contributed by atoms with Gasteiger partial charge in [0.05, 0.1) is 27.8 Å². The maximum atomic E-state index is 10.9. The van der Waals surface area contributed by atoms with Gasteiger partial charge in [0.2, 0.25) is 0 Å². The van der Waals surface area contributed by atoms with E-state index in [9.17, 15) is 4.79 Å². The third-order valence-electron chi connectivity index (χ3n) is 2.20. The molecule has 0 spiro atoms. The molecule has 0 aliphatic rings. The van der Waals surface area contributed by atoms with Gasteiger partial charge in [0.1, 0.15) is 5.82 Å². The fourth-order valence-corrected chi connectivity index (χ4v) is 2.17. The van der Waals surface area contributed by atoms with E-state index in [0.717, 1.165) is 10.7 Å². The Bertz CT molecular complexity index is 585. The van der Waals surface area contributed by atoms with Crippen LogP contribution in [0.15, 0.2) is 17.6 Å². The summed E-state index contributed by atoms with van der Waals surface area (Å²) in [4.78, 5) is 19.2. The zero-order valence-corrected chi connectivity index (χ0v) is 11.0. The summed E-state index contributed by atoms with van der Waals surface area (Å²) < 4.78 is 0. The van der Waals surface area contributed by atoms with E-state index in [2.05, 4.69) is 15.3 Å². The molecule has 0 saturated heterocycles. The summed E-state index contributed by atoms with van der Waals surface area (Å²) in [6.07, 6.45) is 1.32. The van der Waals surface area contributed by atoms with Crippen molar-refractivity contribution in [3.8, 4) is 0 Å². The number of carboxylic acid groups (broad SMARTS) is 1. The molecule has 7 heteroatoms. The molecule has 0 aromatic carbocycles. The van der Waals surface area contributed by atoms with Crippen LogP contribution in [0.4, 0.5) is 5.82 Å². The quantitative estimate of drug-likeness (QED) is 0.902. The number of nitrogens with zero attached hydrogens (tertiary/aromatic N) is 2. The van der Waals surface area contributed by atoms with Crippen molar-refractivity contribution < 1.29 is 9.90 Å². The summed E-state index contributed by atoms with van der Waals surface area (Å²) in [5.41, 5.74) is 0.926. The highest BCUT2D eigenvalue weighted by molar-refractivity contribution is 7.09. The number of pyridine rings is 1. The first-order chi connectivity index (χ1) is 8.56. The first kappa shape index (κ1) is 12.8. The number of halogens is 1. The monoisotopic (exact) mass is 283 g/mol. The Morgan fingerprint density at radius 3 is 3.00 bits per heavy atom. The first-order valence-corrected chi connectivity index (χ1v) is 6.35. The van der Waals surface area contributed by atoms with Gasteiger partial charge in [-0.3, -0.25) is 0 Å². The second-order valence-corrected chi connectivity index (χ2v) is 5.04. The van der Waals surface area contributed by atoms with Gasteiger partial charge in [-0.05, 0) is 13.0 Å². The minimum absolute atomic E-state index is 0.0311. The number of aromatic carboxylic acids is 1. The van der Waals surface area contributed by atoms with Gasteiger partial charge in [-0.2, -0.15) is 0 Å². The summed E-state index contributed by atoms with van der Waals surface area (Å²) >= 11 is 7.29. The minimum atomic E-state index is -1.07. The minimum Gasteiger partial charge on any atom is -0.478 e. The Morgan fingerprint density at radius 1 is 1.61 bits per heavy atom. The fraction of sp³-hybridized carbons (Fsp3) is 0.182. The Kier molecular flexibility index (Phi) is 3.78. The van der Waals surface area contributed by atoms with E-state index < -0.39 is 5.97 Å². The number of nitrogens with one attached hydrogen (secondary N) is 1. The van der Waals surface area contributed by atoms with Crippen molar-refractivity contribution in [3.05, 3.63) is 38.9 Å². The van der Waals surface area contributed by atoms with Gasteiger partial charge < -0.3 is 10.4 Å². The molecule has 0 saturated carbocycles. The van der Waals surface area contributed by atoms with Crippen LogP contribution in [0.1, 0.15) is 21.1 Å². The lowest BCUT2D eigenvalue weighted by Crippen LogP contribution is -2.05. The van der Waals surface area contributed by atoms with E-state index in [0.29, 0.717) is 12.4 Å². The topological polar surface area (TPSA) is 75.1 Å². The molecule has 2 aromatic heterocycles. The van der Waals surface area contributed by atoms with Crippen molar-refractivity contribution in [2.75, 3.05) is 5.32 Å². The molecule has 0 radical (unpaired) electrons. The van der Waals surface area contributed by atoms with E-state index in [1.165, 1.54) is 12.3 Å². The van der Waals surface area contributed by atoms with E-state index >= 15 is 0 Å². The molecule has 0 fully saturated rings. The maximum Gasteiger partial charge on any atom is 0.337 e. The van der Waals surface area contributed by atoms with Gasteiger partial charge in [-0.15, -0.1) is 11.3 Å². The number of carbonyl (C=O) groups is 1. The number of hydrogen-bond acceptors (Lipinski definition) is 5. The molecule has 5 nitrogen and oxygen atoms in total. The van der Waals surface area contributed by atoms with Crippen LogP contribution in [-0.2, 0) is 6.54 Å². The molecule has 0 atom stereocenters. The van der Waals surface area contributed by atoms with Crippen LogP contribution in [0, 0.1) is 6.92 Å². The summed E-state index contributed by atoms with van der Waals surface area (Å²) in [5, 5.41) is 15.0. The van der Waals surface area contributed by atoms with Crippen LogP contribution in [-0.4, -0.2) is 21.0 Å². The van der Waals surface area contributed by atoms with Gasteiger partial charge in [-0.25, -0.2) is 14.8 Å². The predicted octanol–water partition coefficient (Wildman–Crippen LogP) is 2.81. The number of aromatic nitrogens is 2. The lowest BCUT2D eigenvalue weighted by atomic mass is 10.2. The number of thiazole rings is 1. The van der Waals surface area contributed by atoms with Crippen molar-refractivity contribution >= 4 is 34.7 Å². The average molecular weight is 284 g/mol. The predicted molar refractivity (Wildman–Crippen MR) is 70.4 cm³/mol. The molecule has 0 aliphatic carbocycles. The summed E-state index contributed by atoms with van der Waals surface area (Å²) in [6, 6.07) is 1.41. The van der Waals surface area contributed by atoms with Crippen LogP contribution in [0.5, 0.6) is 0 Å². The van der Waals surface area contributed by atoms with E-state index in [4.69, 9.17) is 16.7 Å². The lowest BCUT2D eigenvalue weighted by molar-refractivity contribution is 0.0697. The molecule has 18 heavy (non-hydrogen) atoms. The number of anilines is 1. The third kappa shape index (κ3) is 2.96. The summed E-state index contributed by atoms with van der Waals surface area (Å²) in [6.45, 7) is 2.43. The SMILES string of the molecule is Cc1nc(CNc2cc(C(=O)O)c(Cl)cn2)cs1. The van der Waals surface area contributed by atoms with Crippen molar-refractivity contribution in [1.82, 2.24) is 9.97 Å². The number of hydrogen-bond donors (Lipinski definition) is 2. The highest BCUT2D eigenvalue weighted by Crippen LogP contribution is 2.18. The average Bonchev–Trinajstić information content (AvgIpc) is 2.74. The zero-order chi connectivity index (χ0) is 13.1. The first-order valence-electron chi connectivity index (χ1n) is 5.10. The molecule has 2 N–H and O–H groups in total. The Morgan fingerprint density at radius 2 is 2.39 bits per heavy atom. The second kappa shape index (κ2) is 5.32. The highest BCUT2D eigenvalue weighted by Gasteiger charge is 2.10. The van der Waals surface area contributed by atoms with Gasteiger partial charge in [0.25, 0.3) is 0 Å². The van der Waals surface area contributed by atoms with Gasteiger partial charge in [-0.1, -0.05) is 11.6 Å². The smallest absolute Gasteiger partial charge is 0.337 e. The van der Waals surface area contributed by atoms with Crippen molar-refractivity contribution in [1.29, 1.82) is 0 Å². The second-order valence-electron chi connectivity index (χ2n) is 3.57. The van der Waals surface area contributed by atoms with Crippen molar-refractivity contribution in [2.24, 2.45) is 0 Å². The molecule has 2 rings (SSSR count). The molecule has 2 heterocycles. The van der Waals surface area contributed by atoms with Crippen LogP contribution < -0.4 is 5.32 Å². The summed E-state index contributed by atoms with van der Waals surface area (Å²) in [7, 11) is 0. The molecular weight excluding hydrogens is 274 g/mol. The van der Waals surface area contributed by atoms with Gasteiger partial charge >= 0.3 is 5.97 Å². The molecule has 0 amide bonds. The third-order valence-corrected chi connectivity index (χ3v) is 3.33. The Hall–Kier alpha value is -1.66. The van der Waals surface area contributed by atoms with E-state index in [1.807, 2.05) is 12.3 Å². The molecular formula is C11H10ClN3O2S. The number of rotatable bonds is 4. The van der Waals surface area contributed by atoms with E-state index in [1.54, 1.807) is 11.3 Å². The zero-order valence-electron chi connectivity index (χ0n) is 9.48. The highest BCUT2D eigenvalue weighted by atomic mass is 35.5. The lowest BCUT2D eigenvalue weighted by Gasteiger charge is -2.05. The molecule has 0 unspecified atom stereocenters. The van der Waals surface area contributed by atoms with Crippen LogP contribution in [0.25, 0.3) is 0 Å². The largest absolute Gasteiger partial charge is 0.478 e. The molecule has 0 aliphatic heterocycles. The molecule has 0 bridgehead atoms.